The first-order chi connectivity index (χ1) is 13.4. The lowest BCUT2D eigenvalue weighted by Crippen LogP contribution is -2.14. The molecule has 28 heavy (non-hydrogen) atoms. The van der Waals surface area contributed by atoms with Crippen LogP contribution in [0.3, 0.4) is 0 Å². The Balaban J connectivity index is 1.82. The van der Waals surface area contributed by atoms with Gasteiger partial charge in [0.25, 0.3) is 11.6 Å². The SMILES string of the molecule is Cc1noc2nc(-c3ccc(F)cc3)cc(C(=O)Nc3cccc(Cl)c3F)c12. The minimum absolute atomic E-state index is 0.0556. The number of aryl methyl sites for hydroxylation is 1. The quantitative estimate of drug-likeness (QED) is 0.502. The fourth-order valence-electron chi connectivity index (χ4n) is 2.83. The van der Waals surface area contributed by atoms with Gasteiger partial charge in [0.1, 0.15) is 5.82 Å². The van der Waals surface area contributed by atoms with Gasteiger partial charge in [0.05, 0.1) is 33.0 Å². The Kier molecular flexibility index (Phi) is 4.52. The normalized spacial score (nSPS) is 11.0. The van der Waals surface area contributed by atoms with Crippen molar-refractivity contribution in [3.63, 3.8) is 0 Å². The average Bonchev–Trinajstić information content (AvgIpc) is 3.06. The number of nitrogens with zero attached hydrogens (tertiary/aromatic N) is 2. The van der Waals surface area contributed by atoms with Gasteiger partial charge in [-0.3, -0.25) is 4.79 Å². The third-order valence-corrected chi connectivity index (χ3v) is 4.49. The Morgan fingerprint density at radius 2 is 1.89 bits per heavy atom. The molecule has 0 fully saturated rings. The molecule has 4 rings (SSSR count). The van der Waals surface area contributed by atoms with Crippen LogP contribution in [0.15, 0.2) is 53.1 Å². The lowest BCUT2D eigenvalue weighted by atomic mass is 10.0. The van der Waals surface area contributed by atoms with Gasteiger partial charge in [-0.2, -0.15) is 0 Å². The zero-order valence-electron chi connectivity index (χ0n) is 14.5. The first kappa shape index (κ1) is 18.1. The second kappa shape index (κ2) is 7.01. The van der Waals surface area contributed by atoms with E-state index in [1.165, 1.54) is 48.5 Å². The molecule has 0 aliphatic carbocycles. The maximum Gasteiger partial charge on any atom is 0.259 e. The number of nitrogens with one attached hydrogen (secondary N) is 1. The van der Waals surface area contributed by atoms with Gasteiger partial charge in [-0.25, -0.2) is 13.8 Å². The Hall–Kier alpha value is -3.32. The summed E-state index contributed by atoms with van der Waals surface area (Å²) in [5.41, 5.74) is 1.73. The first-order valence-corrected chi connectivity index (χ1v) is 8.60. The fraction of sp³-hybridized carbons (Fsp3) is 0.0500. The summed E-state index contributed by atoms with van der Waals surface area (Å²) in [6.45, 7) is 1.67. The Morgan fingerprint density at radius 3 is 2.64 bits per heavy atom. The lowest BCUT2D eigenvalue weighted by molar-refractivity contribution is 0.102. The number of rotatable bonds is 3. The highest BCUT2D eigenvalue weighted by atomic mass is 35.5. The van der Waals surface area contributed by atoms with Gasteiger partial charge in [0.15, 0.2) is 5.82 Å². The molecule has 2 aromatic heterocycles. The van der Waals surface area contributed by atoms with E-state index in [-0.39, 0.29) is 22.0 Å². The molecule has 0 saturated carbocycles. The van der Waals surface area contributed by atoms with E-state index in [1.54, 1.807) is 6.92 Å². The van der Waals surface area contributed by atoms with Gasteiger partial charge in [0.2, 0.25) is 0 Å². The third-order valence-electron chi connectivity index (χ3n) is 4.20. The second-order valence-electron chi connectivity index (χ2n) is 6.07. The van der Waals surface area contributed by atoms with Crippen LogP contribution in [-0.4, -0.2) is 16.0 Å². The summed E-state index contributed by atoms with van der Waals surface area (Å²) in [5, 5.41) is 6.66. The van der Waals surface area contributed by atoms with Gasteiger partial charge in [-0.15, -0.1) is 0 Å². The first-order valence-electron chi connectivity index (χ1n) is 8.22. The molecule has 140 valence electrons. The number of hydrogen-bond donors (Lipinski definition) is 1. The average molecular weight is 400 g/mol. The molecular formula is C20H12ClF2N3O2. The smallest absolute Gasteiger partial charge is 0.259 e. The van der Waals surface area contributed by atoms with Gasteiger partial charge < -0.3 is 9.84 Å². The maximum absolute atomic E-state index is 14.2. The number of carbonyl (C=O) groups excluding carboxylic acids is 1. The minimum Gasteiger partial charge on any atom is -0.335 e. The predicted octanol–water partition coefficient (Wildman–Crippen LogP) is 5.38. The van der Waals surface area contributed by atoms with Gasteiger partial charge >= 0.3 is 0 Å². The van der Waals surface area contributed by atoms with Crippen LogP contribution in [0.25, 0.3) is 22.4 Å². The number of amides is 1. The Bertz CT molecular complexity index is 1210. The zero-order chi connectivity index (χ0) is 19.8. The monoisotopic (exact) mass is 399 g/mol. The molecule has 0 aliphatic heterocycles. The molecule has 0 bridgehead atoms. The van der Waals surface area contributed by atoms with E-state index in [0.717, 1.165) is 0 Å². The summed E-state index contributed by atoms with van der Waals surface area (Å²) in [4.78, 5) is 17.3. The third kappa shape index (κ3) is 3.20. The number of hydrogen-bond acceptors (Lipinski definition) is 4. The molecule has 0 atom stereocenters. The summed E-state index contributed by atoms with van der Waals surface area (Å²) < 4.78 is 32.6. The van der Waals surface area contributed by atoms with Gasteiger partial charge in [-0.1, -0.05) is 22.8 Å². The summed E-state index contributed by atoms with van der Waals surface area (Å²) in [6, 6.07) is 11.5. The maximum atomic E-state index is 14.2. The summed E-state index contributed by atoms with van der Waals surface area (Å²) in [7, 11) is 0. The number of aromatic nitrogens is 2. The van der Waals surface area contributed by atoms with Crippen LogP contribution < -0.4 is 5.32 Å². The molecule has 0 unspecified atom stereocenters. The van der Waals surface area contributed by atoms with Crippen molar-refractivity contribution in [1.29, 1.82) is 0 Å². The van der Waals surface area contributed by atoms with Crippen LogP contribution in [0.1, 0.15) is 16.1 Å². The van der Waals surface area contributed by atoms with E-state index in [1.807, 2.05) is 0 Å². The van der Waals surface area contributed by atoms with Gasteiger partial charge in [0, 0.05) is 5.56 Å². The fourth-order valence-corrected chi connectivity index (χ4v) is 3.01. The molecular weight excluding hydrogens is 388 g/mol. The van der Waals surface area contributed by atoms with Gasteiger partial charge in [-0.05, 0) is 49.4 Å². The molecule has 0 radical (unpaired) electrons. The molecule has 5 nitrogen and oxygen atoms in total. The standard InChI is InChI=1S/C20H12ClF2N3O2/c1-10-17-13(19(27)24-15-4-2-3-14(21)18(15)23)9-16(25-20(17)28-26-10)11-5-7-12(22)8-6-11/h2-9H,1H3,(H,24,27). The van der Waals surface area contributed by atoms with E-state index < -0.39 is 17.5 Å². The van der Waals surface area contributed by atoms with Crippen molar-refractivity contribution in [2.75, 3.05) is 5.32 Å². The molecule has 1 amide bonds. The number of benzene rings is 2. The number of anilines is 1. The summed E-state index contributed by atoms with van der Waals surface area (Å²) >= 11 is 5.77. The van der Waals surface area contributed by atoms with Crippen LogP contribution in [0.5, 0.6) is 0 Å². The largest absolute Gasteiger partial charge is 0.335 e. The molecule has 2 aromatic carbocycles. The van der Waals surface area contributed by atoms with Crippen LogP contribution in [0.2, 0.25) is 5.02 Å². The highest BCUT2D eigenvalue weighted by Gasteiger charge is 2.20. The van der Waals surface area contributed by atoms with E-state index in [4.69, 9.17) is 16.1 Å². The lowest BCUT2D eigenvalue weighted by Gasteiger charge is -2.09. The topological polar surface area (TPSA) is 68.0 Å². The van der Waals surface area contributed by atoms with E-state index in [9.17, 15) is 13.6 Å². The zero-order valence-corrected chi connectivity index (χ0v) is 15.2. The van der Waals surface area contributed by atoms with E-state index in [2.05, 4.69) is 15.5 Å². The highest BCUT2D eigenvalue weighted by molar-refractivity contribution is 6.31. The Morgan fingerprint density at radius 1 is 1.14 bits per heavy atom. The minimum atomic E-state index is -0.733. The molecule has 8 heteroatoms. The molecule has 0 saturated heterocycles. The molecule has 1 N–H and O–H groups in total. The second-order valence-corrected chi connectivity index (χ2v) is 6.47. The summed E-state index contributed by atoms with van der Waals surface area (Å²) in [6.07, 6.45) is 0. The number of fused-ring (bicyclic) bond motifs is 1. The summed E-state index contributed by atoms with van der Waals surface area (Å²) in [5.74, 6) is -1.71. The van der Waals surface area contributed by atoms with Crippen molar-refractivity contribution in [2.24, 2.45) is 0 Å². The van der Waals surface area contributed by atoms with Crippen molar-refractivity contribution in [2.45, 2.75) is 6.92 Å². The molecule has 0 aliphatic rings. The van der Waals surface area contributed by atoms with Crippen molar-refractivity contribution >= 4 is 34.3 Å². The van der Waals surface area contributed by atoms with Crippen molar-refractivity contribution in [1.82, 2.24) is 10.1 Å². The molecule has 4 aromatic rings. The van der Waals surface area contributed by atoms with Crippen molar-refractivity contribution in [3.8, 4) is 11.3 Å². The molecule has 0 spiro atoms. The molecule has 2 heterocycles. The van der Waals surface area contributed by atoms with Crippen molar-refractivity contribution in [3.05, 3.63) is 76.4 Å². The van der Waals surface area contributed by atoms with Crippen LogP contribution in [-0.2, 0) is 0 Å². The van der Waals surface area contributed by atoms with Crippen LogP contribution in [0.4, 0.5) is 14.5 Å². The number of pyridine rings is 1. The highest BCUT2D eigenvalue weighted by Crippen LogP contribution is 2.29. The Labute approximate surface area is 162 Å². The van der Waals surface area contributed by atoms with E-state index in [0.29, 0.717) is 22.3 Å². The predicted molar refractivity (Wildman–Crippen MR) is 101 cm³/mol. The van der Waals surface area contributed by atoms with Crippen molar-refractivity contribution < 1.29 is 18.1 Å². The number of halogens is 3. The van der Waals surface area contributed by atoms with Crippen LogP contribution >= 0.6 is 11.6 Å². The number of carbonyl (C=O) groups is 1. The van der Waals surface area contributed by atoms with E-state index >= 15 is 0 Å². The van der Waals surface area contributed by atoms with Crippen LogP contribution in [0, 0.1) is 18.6 Å².